The molecule has 0 atom stereocenters. The van der Waals surface area contributed by atoms with Crippen LogP contribution in [0, 0.1) is 0 Å². The number of ether oxygens (including phenoxy) is 1. The summed E-state index contributed by atoms with van der Waals surface area (Å²) < 4.78 is 30.5. The molecule has 0 aliphatic rings. The molecular weight excluding hydrogens is 470 g/mol. The van der Waals surface area contributed by atoms with Gasteiger partial charge in [0.1, 0.15) is 11.3 Å². The van der Waals surface area contributed by atoms with E-state index in [1.165, 1.54) is 23.5 Å². The maximum Gasteiger partial charge on any atom is 0.260 e. The number of halogens is 1. The molecule has 0 radical (unpaired) electrons. The largest absolute Gasteiger partial charge is 0.492 e. The van der Waals surface area contributed by atoms with Gasteiger partial charge in [0.2, 0.25) is 0 Å². The van der Waals surface area contributed by atoms with E-state index in [4.69, 9.17) is 9.72 Å². The molecule has 0 bridgehead atoms. The number of carbonyl (C=O) groups excluding carboxylic acids is 1. The molecule has 2 aromatic carbocycles. The van der Waals surface area contributed by atoms with Gasteiger partial charge in [-0.1, -0.05) is 23.5 Å². The van der Waals surface area contributed by atoms with Crippen LogP contribution < -0.4 is 9.64 Å². The predicted molar refractivity (Wildman–Crippen MR) is 132 cm³/mol. The number of fused-ring (bicyclic) bond motifs is 1. The summed E-state index contributed by atoms with van der Waals surface area (Å²) >= 11 is 1.42. The van der Waals surface area contributed by atoms with E-state index in [1.807, 2.05) is 39.2 Å². The van der Waals surface area contributed by atoms with E-state index in [2.05, 4.69) is 4.90 Å². The van der Waals surface area contributed by atoms with Crippen LogP contribution in [-0.4, -0.2) is 64.3 Å². The Labute approximate surface area is 199 Å². The Morgan fingerprint density at radius 3 is 2.50 bits per heavy atom. The molecule has 32 heavy (non-hydrogen) atoms. The Kier molecular flexibility index (Phi) is 9.03. The molecule has 0 aliphatic heterocycles. The Balaban J connectivity index is 0.00000363. The van der Waals surface area contributed by atoms with Crippen molar-refractivity contribution in [2.45, 2.75) is 18.2 Å². The van der Waals surface area contributed by atoms with Gasteiger partial charge in [-0.25, -0.2) is 13.4 Å². The molecule has 0 fully saturated rings. The quantitative estimate of drug-likeness (QED) is 0.442. The van der Waals surface area contributed by atoms with E-state index < -0.39 is 9.84 Å². The third kappa shape index (κ3) is 6.19. The summed E-state index contributed by atoms with van der Waals surface area (Å²) in [5.41, 5.74) is 1.04. The van der Waals surface area contributed by atoms with Crippen molar-refractivity contribution in [2.24, 2.45) is 0 Å². The summed E-state index contributed by atoms with van der Waals surface area (Å²) in [4.78, 5) is 22.0. The van der Waals surface area contributed by atoms with Gasteiger partial charge in [-0.3, -0.25) is 9.69 Å². The molecule has 0 spiro atoms. The number of para-hydroxylation sites is 1. The fourth-order valence-corrected chi connectivity index (χ4v) is 4.82. The minimum atomic E-state index is -3.42. The highest BCUT2D eigenvalue weighted by atomic mass is 35.5. The van der Waals surface area contributed by atoms with Crippen molar-refractivity contribution in [2.75, 3.05) is 44.9 Å². The Bertz CT molecular complexity index is 1180. The fourth-order valence-electron chi connectivity index (χ4n) is 3.14. The minimum Gasteiger partial charge on any atom is -0.492 e. The second-order valence-electron chi connectivity index (χ2n) is 7.45. The summed E-state index contributed by atoms with van der Waals surface area (Å²) in [6, 6.07) is 11.9. The van der Waals surface area contributed by atoms with Gasteiger partial charge in [0.25, 0.3) is 5.91 Å². The molecule has 3 aromatic rings. The smallest absolute Gasteiger partial charge is 0.260 e. The first-order chi connectivity index (χ1) is 14.7. The summed E-state index contributed by atoms with van der Waals surface area (Å²) in [7, 11) is 0.543. The molecule has 0 aliphatic carbocycles. The topological polar surface area (TPSA) is 79.8 Å². The van der Waals surface area contributed by atoms with E-state index in [0.717, 1.165) is 29.4 Å². The van der Waals surface area contributed by atoms with Gasteiger partial charge < -0.3 is 9.64 Å². The van der Waals surface area contributed by atoms with E-state index in [9.17, 15) is 13.2 Å². The first-order valence-corrected chi connectivity index (χ1v) is 12.7. The Hall–Kier alpha value is -2.20. The zero-order valence-electron chi connectivity index (χ0n) is 18.6. The highest BCUT2D eigenvalue weighted by Crippen LogP contribution is 2.35. The average molecular weight is 498 g/mol. The van der Waals surface area contributed by atoms with Crippen molar-refractivity contribution in [3.8, 4) is 5.75 Å². The van der Waals surface area contributed by atoms with Crippen LogP contribution in [0.4, 0.5) is 5.13 Å². The number of amides is 1. The van der Waals surface area contributed by atoms with Crippen molar-refractivity contribution >= 4 is 54.8 Å². The van der Waals surface area contributed by atoms with Gasteiger partial charge >= 0.3 is 0 Å². The molecular formula is C22H28ClN3O4S2. The summed E-state index contributed by atoms with van der Waals surface area (Å²) in [5.74, 6) is 0.406. The van der Waals surface area contributed by atoms with Gasteiger partial charge in [0.05, 0.1) is 16.2 Å². The molecule has 174 valence electrons. The van der Waals surface area contributed by atoms with E-state index in [0.29, 0.717) is 29.6 Å². The monoisotopic (exact) mass is 497 g/mol. The third-order valence-electron chi connectivity index (χ3n) is 4.64. The van der Waals surface area contributed by atoms with Gasteiger partial charge in [0, 0.05) is 18.4 Å². The summed E-state index contributed by atoms with van der Waals surface area (Å²) in [6.45, 7) is 3.71. The van der Waals surface area contributed by atoms with Crippen LogP contribution in [0.25, 0.3) is 10.2 Å². The van der Waals surface area contributed by atoms with E-state index in [-0.39, 0.29) is 23.2 Å². The van der Waals surface area contributed by atoms with Crippen LogP contribution in [0.15, 0.2) is 47.4 Å². The molecule has 1 amide bonds. The van der Waals surface area contributed by atoms with Crippen molar-refractivity contribution in [3.05, 3.63) is 48.0 Å². The molecule has 1 heterocycles. The lowest BCUT2D eigenvalue weighted by Crippen LogP contribution is -2.33. The van der Waals surface area contributed by atoms with Crippen molar-refractivity contribution < 1.29 is 17.9 Å². The average Bonchev–Trinajstić information content (AvgIpc) is 3.15. The van der Waals surface area contributed by atoms with Gasteiger partial charge in [-0.05, 0) is 64.3 Å². The predicted octanol–water partition coefficient (Wildman–Crippen LogP) is 4.12. The highest BCUT2D eigenvalue weighted by Gasteiger charge is 2.23. The zero-order valence-corrected chi connectivity index (χ0v) is 21.0. The number of aromatic nitrogens is 1. The van der Waals surface area contributed by atoms with Crippen molar-refractivity contribution in [1.82, 2.24) is 9.88 Å². The zero-order chi connectivity index (χ0) is 22.6. The maximum atomic E-state index is 13.4. The number of nitrogens with zero attached hydrogens (tertiary/aromatic N) is 3. The normalized spacial score (nSPS) is 11.4. The summed E-state index contributed by atoms with van der Waals surface area (Å²) in [6.07, 6.45) is 1.88. The molecule has 0 saturated carbocycles. The molecule has 3 rings (SSSR count). The van der Waals surface area contributed by atoms with E-state index >= 15 is 0 Å². The number of carbonyl (C=O) groups is 1. The first-order valence-electron chi connectivity index (χ1n) is 9.99. The minimum absolute atomic E-state index is 0. The fraction of sp³-hybridized carbons (Fsp3) is 0.364. The molecule has 7 nitrogen and oxygen atoms in total. The molecule has 0 N–H and O–H groups in total. The lowest BCUT2D eigenvalue weighted by molar-refractivity contribution is 0.0986. The number of anilines is 1. The standard InChI is InChI=1S/C22H27N3O4S2.ClH/c1-5-29-18-11-7-12-19-20(18)23-22(30-19)25(14-8-13-24(2)3)21(26)16-9-6-10-17(15-16)31(4,27)28;/h6-7,9-12,15H,5,8,13-14H2,1-4H3;1H. The number of thiazole rings is 1. The van der Waals surface area contributed by atoms with Crippen LogP contribution >= 0.6 is 23.7 Å². The van der Waals surface area contributed by atoms with E-state index in [1.54, 1.807) is 17.0 Å². The van der Waals surface area contributed by atoms with Crippen LogP contribution in [0.1, 0.15) is 23.7 Å². The third-order valence-corrected chi connectivity index (χ3v) is 6.80. The Morgan fingerprint density at radius 2 is 1.84 bits per heavy atom. The highest BCUT2D eigenvalue weighted by molar-refractivity contribution is 7.90. The van der Waals surface area contributed by atoms with Crippen molar-refractivity contribution in [1.29, 1.82) is 0 Å². The second-order valence-corrected chi connectivity index (χ2v) is 10.5. The van der Waals surface area contributed by atoms with Crippen molar-refractivity contribution in [3.63, 3.8) is 0 Å². The maximum absolute atomic E-state index is 13.4. The first kappa shape index (κ1) is 26.1. The lowest BCUT2D eigenvalue weighted by atomic mass is 10.2. The van der Waals surface area contributed by atoms with Crippen LogP contribution in [0.2, 0.25) is 0 Å². The lowest BCUT2D eigenvalue weighted by Gasteiger charge is -2.21. The molecule has 1 aromatic heterocycles. The van der Waals surface area contributed by atoms with Crippen LogP contribution in [0.5, 0.6) is 5.75 Å². The number of hydrogen-bond acceptors (Lipinski definition) is 7. The second kappa shape index (κ2) is 11.1. The Morgan fingerprint density at radius 1 is 1.12 bits per heavy atom. The summed E-state index contributed by atoms with van der Waals surface area (Å²) in [5, 5.41) is 0.565. The number of sulfone groups is 1. The number of benzene rings is 2. The number of rotatable bonds is 9. The molecule has 0 unspecified atom stereocenters. The van der Waals surface area contributed by atoms with Gasteiger partial charge in [-0.2, -0.15) is 0 Å². The van der Waals surface area contributed by atoms with Gasteiger partial charge in [-0.15, -0.1) is 12.4 Å². The number of hydrogen-bond donors (Lipinski definition) is 0. The molecule has 10 heteroatoms. The van der Waals surface area contributed by atoms with Crippen LogP contribution in [-0.2, 0) is 9.84 Å². The van der Waals surface area contributed by atoms with Gasteiger partial charge in [0.15, 0.2) is 15.0 Å². The SMILES string of the molecule is CCOc1cccc2sc(N(CCCN(C)C)C(=O)c3cccc(S(C)(=O)=O)c3)nc12.Cl. The molecule has 0 saturated heterocycles. The van der Waals surface area contributed by atoms with Crippen LogP contribution in [0.3, 0.4) is 0 Å².